The van der Waals surface area contributed by atoms with E-state index in [0.717, 1.165) is 254 Å². The van der Waals surface area contributed by atoms with E-state index >= 15 is 0 Å². The predicted molar refractivity (Wildman–Crippen MR) is 557 cm³/mol. The number of benzene rings is 20. The molecule has 0 aliphatic carbocycles. The summed E-state index contributed by atoms with van der Waals surface area (Å²) in [5.41, 5.74) is 38.4. The van der Waals surface area contributed by atoms with E-state index in [1.54, 1.807) is 0 Å². The molecule has 29 aromatic rings. The maximum absolute atomic E-state index is 6.83. The first kappa shape index (κ1) is 76.8. The fourth-order valence-corrected chi connectivity index (χ4v) is 20.9. The number of nitrogens with zero attached hydrogens (tertiary/aromatic N) is 3. The Morgan fingerprint density at radius 3 is 0.793 bits per heavy atom. The van der Waals surface area contributed by atoms with Gasteiger partial charge in [0, 0.05) is 121 Å². The van der Waals surface area contributed by atoms with Crippen molar-refractivity contribution in [1.29, 1.82) is 0 Å². The molecular weight excluding hydrogens is 1650 g/mol. The molecule has 0 unspecified atom stereocenters. The second-order valence-corrected chi connectivity index (χ2v) is 34.7. The molecule has 0 aliphatic heterocycles. The second kappa shape index (κ2) is 31.3. The molecule has 9 aromatic heterocycles. The van der Waals surface area contributed by atoms with E-state index in [-0.39, 0.29) is 0 Å². The van der Waals surface area contributed by atoms with Crippen LogP contribution < -0.4 is 0 Å². The molecule has 0 saturated heterocycles. The highest BCUT2D eigenvalue weighted by molar-refractivity contribution is 6.24. The molecule has 29 rings (SSSR count). The van der Waals surface area contributed by atoms with E-state index < -0.39 is 0 Å². The average molecular weight is 1730 g/mol. The molecule has 0 aliphatic rings. The summed E-state index contributed by atoms with van der Waals surface area (Å²) in [5, 5.41) is 13.3. The number of para-hydroxylation sites is 13. The largest absolute Gasteiger partial charge is 0.455 e. The van der Waals surface area contributed by atoms with Gasteiger partial charge >= 0.3 is 0 Å². The van der Waals surface area contributed by atoms with Gasteiger partial charge in [-0.05, 0) is 177 Å². The van der Waals surface area contributed by atoms with Crippen molar-refractivity contribution in [3.05, 3.63) is 467 Å². The van der Waals surface area contributed by atoms with Gasteiger partial charge in [0.05, 0.1) is 16.6 Å². The minimum Gasteiger partial charge on any atom is -0.455 e. The minimum atomic E-state index is 0.867. The van der Waals surface area contributed by atoms with Crippen molar-refractivity contribution < 1.29 is 26.5 Å². The molecular formula is C126H77N3O6. The van der Waals surface area contributed by atoms with Crippen molar-refractivity contribution in [3.63, 3.8) is 0 Å². The summed E-state index contributed by atoms with van der Waals surface area (Å²) in [6.07, 6.45) is 0. The predicted octanol–water partition coefficient (Wildman–Crippen LogP) is 35.6. The smallest absolute Gasteiger partial charge is 0.161 e. The zero-order valence-corrected chi connectivity index (χ0v) is 72.7. The monoisotopic (exact) mass is 1730 g/mol. The highest BCUT2D eigenvalue weighted by Crippen LogP contribution is 2.50. The molecule has 9 nitrogen and oxygen atoms in total. The first-order valence-corrected chi connectivity index (χ1v) is 45.7. The van der Waals surface area contributed by atoms with Gasteiger partial charge in [0.2, 0.25) is 0 Å². The zero-order chi connectivity index (χ0) is 88.7. The number of hydrogen-bond donors (Lipinski definition) is 0. The molecule has 0 radical (unpaired) electrons. The molecule has 0 bridgehead atoms. The molecule has 0 N–H and O–H groups in total. The quantitative estimate of drug-likeness (QED) is 0.128. The standard InChI is InChI=1S/2C44H27NO2.C38H23NO2/c1-3-13-28(14-4-1)32-20-10-23-35-36-24-11-21-33(42(36)46-41(32)35)29-15-9-16-30(27-29)34-22-12-25-38-40-44(47-43(34)38)37-19-7-8-26-39(37)45(40)31-17-5-2-6-18-31;1-3-12-28(13-4-1)29-24-25-40-38(27-29)35-21-10-19-33(42(35)46-40)30-14-9-15-31(26-30)34-20-11-22-37-41-44(47-43(34)37)36-18-7-8-23-39(36)45(41)32-16-5-2-6-17-32;1-3-11-24(12-4-1)25-21-22-27-28-16-9-17-29(36(28)40-34(27)23-25)30-18-10-19-32-35-38(41-37(30)32)31-15-7-8-20-33(31)39(35)26-13-5-2-6-14-26/h2*1-27H;1-23H. The van der Waals surface area contributed by atoms with Crippen molar-refractivity contribution >= 4 is 165 Å². The SMILES string of the molecule is c1ccc(-c2ccc3c(c2)oc2c(-c4cccc5c4oc4c6ccccc6n(-c6ccccc6)c54)cccc23)cc1.c1ccc(-c2ccc3oc4c(-c5cccc(-c6cccc7c6oc6c8ccccc8n(-c8ccccc8)c76)c5)cccc4c3c2)cc1.c1ccc(-c2cccc3c2oc2c(-c4cccc(-c5cccc6c5oc5c7ccccc7n(-c7ccccc7)c65)c4)cccc23)cc1. The summed E-state index contributed by atoms with van der Waals surface area (Å²) in [4.78, 5) is 0. The van der Waals surface area contributed by atoms with E-state index in [0.29, 0.717) is 0 Å². The van der Waals surface area contributed by atoms with Crippen LogP contribution in [0.25, 0.3) is 271 Å². The molecule has 0 saturated carbocycles. The Morgan fingerprint density at radius 1 is 0.126 bits per heavy atom. The molecule has 0 amide bonds. The van der Waals surface area contributed by atoms with Crippen molar-refractivity contribution in [1.82, 2.24) is 13.7 Å². The number of hydrogen-bond acceptors (Lipinski definition) is 6. The van der Waals surface area contributed by atoms with Gasteiger partial charge in [-0.15, -0.1) is 0 Å². The van der Waals surface area contributed by atoms with Gasteiger partial charge in [-0.2, -0.15) is 0 Å². The third-order valence-corrected chi connectivity index (χ3v) is 27.0. The lowest BCUT2D eigenvalue weighted by molar-refractivity contribution is 0.666. The normalized spacial score (nSPS) is 11.9. The minimum absolute atomic E-state index is 0.867. The summed E-state index contributed by atoms with van der Waals surface area (Å²) in [7, 11) is 0. The maximum atomic E-state index is 6.83. The lowest BCUT2D eigenvalue weighted by atomic mass is 9.96. The van der Waals surface area contributed by atoms with E-state index in [2.05, 4.69) is 463 Å². The fourth-order valence-electron chi connectivity index (χ4n) is 20.9. The van der Waals surface area contributed by atoms with Crippen LogP contribution in [0.2, 0.25) is 0 Å². The second-order valence-electron chi connectivity index (χ2n) is 34.7. The van der Waals surface area contributed by atoms with Crippen molar-refractivity contribution in [2.75, 3.05) is 0 Å². The number of furan rings is 6. The van der Waals surface area contributed by atoms with Gasteiger partial charge in [0.15, 0.2) is 16.7 Å². The van der Waals surface area contributed by atoms with Crippen molar-refractivity contribution in [2.24, 2.45) is 0 Å². The Kier molecular flexibility index (Phi) is 17.8. The Hall–Kier alpha value is -18.2. The van der Waals surface area contributed by atoms with Crippen LogP contribution in [0.1, 0.15) is 0 Å². The molecule has 0 atom stereocenters. The number of aromatic nitrogens is 3. The lowest BCUT2D eigenvalue weighted by Gasteiger charge is -2.09. The van der Waals surface area contributed by atoms with E-state index in [1.165, 1.54) is 16.7 Å². The summed E-state index contributed by atoms with van der Waals surface area (Å²) in [5.74, 6) is 0. The topological polar surface area (TPSA) is 93.6 Å². The van der Waals surface area contributed by atoms with Gasteiger partial charge < -0.3 is 40.2 Å². The van der Waals surface area contributed by atoms with Crippen LogP contribution in [-0.4, -0.2) is 13.7 Å². The Bertz CT molecular complexity index is 9730. The third kappa shape index (κ3) is 12.5. The van der Waals surface area contributed by atoms with Gasteiger partial charge in [0.25, 0.3) is 0 Å². The Morgan fingerprint density at radius 2 is 0.385 bits per heavy atom. The Labute approximate surface area is 772 Å². The van der Waals surface area contributed by atoms with Crippen LogP contribution >= 0.6 is 0 Å². The molecule has 0 spiro atoms. The van der Waals surface area contributed by atoms with E-state index in [4.69, 9.17) is 26.5 Å². The zero-order valence-electron chi connectivity index (χ0n) is 72.7. The first-order chi connectivity index (χ1) is 67.0. The van der Waals surface area contributed by atoms with Crippen LogP contribution in [0.15, 0.2) is 494 Å². The van der Waals surface area contributed by atoms with Crippen molar-refractivity contribution in [2.45, 2.75) is 0 Å². The highest BCUT2D eigenvalue weighted by atomic mass is 16.4. The third-order valence-electron chi connectivity index (χ3n) is 27.0. The van der Waals surface area contributed by atoms with E-state index in [9.17, 15) is 0 Å². The fraction of sp³-hybridized carbons (Fsp3) is 0. The molecule has 0 fully saturated rings. The van der Waals surface area contributed by atoms with E-state index in [1.807, 2.05) is 18.2 Å². The van der Waals surface area contributed by atoms with Gasteiger partial charge in [0.1, 0.15) is 66.8 Å². The van der Waals surface area contributed by atoms with Gasteiger partial charge in [-0.3, -0.25) is 0 Å². The number of fused-ring (bicyclic) bond motifs is 24. The van der Waals surface area contributed by atoms with Crippen molar-refractivity contribution in [3.8, 4) is 106 Å². The van der Waals surface area contributed by atoms with Crippen LogP contribution in [0.4, 0.5) is 0 Å². The van der Waals surface area contributed by atoms with Crippen LogP contribution in [0.3, 0.4) is 0 Å². The molecule has 20 aromatic carbocycles. The van der Waals surface area contributed by atoms with Crippen LogP contribution in [0, 0.1) is 0 Å². The van der Waals surface area contributed by atoms with Crippen LogP contribution in [-0.2, 0) is 0 Å². The average Bonchev–Trinajstić information content (AvgIpc) is 1.56. The van der Waals surface area contributed by atoms with Gasteiger partial charge in [-0.1, -0.05) is 340 Å². The summed E-state index contributed by atoms with van der Waals surface area (Å²) < 4.78 is 47.3. The lowest BCUT2D eigenvalue weighted by Crippen LogP contribution is -1.92. The van der Waals surface area contributed by atoms with Gasteiger partial charge in [-0.25, -0.2) is 0 Å². The van der Waals surface area contributed by atoms with Crippen LogP contribution in [0.5, 0.6) is 0 Å². The molecule has 9 heteroatoms. The maximum Gasteiger partial charge on any atom is 0.161 e. The Balaban J connectivity index is 0.000000103. The summed E-state index contributed by atoms with van der Waals surface area (Å²) >= 11 is 0. The summed E-state index contributed by atoms with van der Waals surface area (Å²) in [6.45, 7) is 0. The first-order valence-electron chi connectivity index (χ1n) is 45.7. The summed E-state index contributed by atoms with van der Waals surface area (Å²) in [6, 6.07) is 164. The number of rotatable bonds is 11. The molecule has 632 valence electrons. The molecule has 135 heavy (non-hydrogen) atoms. The molecule has 9 heterocycles. The highest BCUT2D eigenvalue weighted by Gasteiger charge is 2.28.